The van der Waals surface area contributed by atoms with E-state index in [0.717, 1.165) is 30.7 Å². The molecule has 0 saturated carbocycles. The van der Waals surface area contributed by atoms with Crippen molar-refractivity contribution in [1.29, 1.82) is 0 Å². The normalized spacial score (nSPS) is 17.5. The summed E-state index contributed by atoms with van der Waals surface area (Å²) in [6, 6.07) is 15.1. The molecule has 1 atom stereocenters. The molecule has 0 radical (unpaired) electrons. The van der Waals surface area contributed by atoms with Crippen LogP contribution in [0.1, 0.15) is 34.8 Å². The fraction of sp³-hybridized carbons (Fsp3) is 0.278. The summed E-state index contributed by atoms with van der Waals surface area (Å²) < 4.78 is 5.29. The fourth-order valence-corrected chi connectivity index (χ4v) is 3.09. The number of amides is 1. The second kappa shape index (κ2) is 6.41. The number of carbonyl (C=O) groups excluding carboxylic acids is 1. The molecular weight excluding hydrogens is 298 g/mol. The first kappa shape index (κ1) is 14.9. The second-order valence-electron chi connectivity index (χ2n) is 5.44. The molecule has 3 nitrogen and oxygen atoms in total. The van der Waals surface area contributed by atoms with Gasteiger partial charge in [-0.2, -0.15) is 0 Å². The summed E-state index contributed by atoms with van der Waals surface area (Å²) in [5.74, 6) is 0.880. The Morgan fingerprint density at radius 3 is 2.73 bits per heavy atom. The average molecular weight is 316 g/mol. The number of rotatable bonds is 3. The van der Waals surface area contributed by atoms with E-state index >= 15 is 0 Å². The van der Waals surface area contributed by atoms with Crippen molar-refractivity contribution >= 4 is 17.5 Å². The molecule has 114 valence electrons. The van der Waals surface area contributed by atoms with Gasteiger partial charge in [0, 0.05) is 17.1 Å². The number of halogens is 1. The molecule has 0 aromatic heterocycles. The summed E-state index contributed by atoms with van der Waals surface area (Å²) in [7, 11) is 1.66. The van der Waals surface area contributed by atoms with E-state index in [-0.39, 0.29) is 11.9 Å². The van der Waals surface area contributed by atoms with Crippen LogP contribution in [0.5, 0.6) is 5.75 Å². The molecule has 1 unspecified atom stereocenters. The maximum absolute atomic E-state index is 12.7. The molecular formula is C18H18ClNO2. The molecule has 1 fully saturated rings. The predicted molar refractivity (Wildman–Crippen MR) is 87.5 cm³/mol. The summed E-state index contributed by atoms with van der Waals surface area (Å²) in [4.78, 5) is 14.7. The Bertz CT molecular complexity index is 669. The predicted octanol–water partition coefficient (Wildman–Crippen LogP) is 4.33. The van der Waals surface area contributed by atoms with Crippen LogP contribution >= 0.6 is 11.6 Å². The van der Waals surface area contributed by atoms with Crippen LogP contribution in [0.15, 0.2) is 48.5 Å². The maximum Gasteiger partial charge on any atom is 0.254 e. The molecule has 4 heteroatoms. The van der Waals surface area contributed by atoms with E-state index in [0.29, 0.717) is 10.6 Å². The van der Waals surface area contributed by atoms with Crippen molar-refractivity contribution in [2.24, 2.45) is 0 Å². The lowest BCUT2D eigenvalue weighted by Crippen LogP contribution is -2.30. The summed E-state index contributed by atoms with van der Waals surface area (Å²) >= 11 is 5.90. The zero-order chi connectivity index (χ0) is 15.5. The van der Waals surface area contributed by atoms with Crippen molar-refractivity contribution in [3.8, 4) is 5.75 Å². The number of ether oxygens (including phenoxy) is 1. The number of methoxy groups -OCH3 is 1. The van der Waals surface area contributed by atoms with Crippen molar-refractivity contribution in [2.45, 2.75) is 18.9 Å². The van der Waals surface area contributed by atoms with Crippen molar-refractivity contribution in [1.82, 2.24) is 4.90 Å². The molecule has 1 amide bonds. The lowest BCUT2D eigenvalue weighted by atomic mass is 10.0. The number of nitrogens with zero attached hydrogens (tertiary/aromatic N) is 1. The van der Waals surface area contributed by atoms with Gasteiger partial charge in [-0.15, -0.1) is 0 Å². The topological polar surface area (TPSA) is 29.5 Å². The van der Waals surface area contributed by atoms with Crippen LogP contribution in [0.2, 0.25) is 5.02 Å². The number of hydrogen-bond acceptors (Lipinski definition) is 2. The third-order valence-electron chi connectivity index (χ3n) is 4.08. The Balaban J connectivity index is 1.86. The molecule has 0 N–H and O–H groups in total. The molecule has 1 heterocycles. The van der Waals surface area contributed by atoms with E-state index in [2.05, 4.69) is 6.07 Å². The zero-order valence-corrected chi connectivity index (χ0v) is 13.2. The number of benzene rings is 2. The summed E-state index contributed by atoms with van der Waals surface area (Å²) in [5, 5.41) is 0.641. The maximum atomic E-state index is 12.7. The van der Waals surface area contributed by atoms with Crippen LogP contribution in [0, 0.1) is 0 Å². The van der Waals surface area contributed by atoms with Gasteiger partial charge in [0.25, 0.3) is 5.91 Å². The fourth-order valence-electron chi connectivity index (χ4n) is 2.96. The van der Waals surface area contributed by atoms with E-state index in [4.69, 9.17) is 16.3 Å². The highest BCUT2D eigenvalue weighted by molar-refractivity contribution is 6.30. The Morgan fingerprint density at radius 1 is 1.23 bits per heavy atom. The van der Waals surface area contributed by atoms with E-state index < -0.39 is 0 Å². The highest BCUT2D eigenvalue weighted by Gasteiger charge is 2.30. The molecule has 2 aromatic carbocycles. The summed E-state index contributed by atoms with van der Waals surface area (Å²) in [6.45, 7) is 0.781. The first-order valence-corrected chi connectivity index (χ1v) is 7.77. The lowest BCUT2D eigenvalue weighted by molar-refractivity contribution is 0.0735. The lowest BCUT2D eigenvalue weighted by Gasteiger charge is -2.25. The van der Waals surface area contributed by atoms with Crippen LogP contribution in [-0.4, -0.2) is 24.5 Å². The van der Waals surface area contributed by atoms with Crippen LogP contribution in [-0.2, 0) is 0 Å². The van der Waals surface area contributed by atoms with Crippen LogP contribution < -0.4 is 4.74 Å². The third kappa shape index (κ3) is 2.95. The van der Waals surface area contributed by atoms with Gasteiger partial charge in [0.05, 0.1) is 13.2 Å². The van der Waals surface area contributed by atoms with Crippen molar-refractivity contribution in [3.63, 3.8) is 0 Å². The van der Waals surface area contributed by atoms with Crippen LogP contribution in [0.25, 0.3) is 0 Å². The third-order valence-corrected chi connectivity index (χ3v) is 4.34. The molecule has 1 aliphatic heterocycles. The van der Waals surface area contributed by atoms with Gasteiger partial charge in [0.1, 0.15) is 5.75 Å². The Labute approximate surface area is 135 Å². The van der Waals surface area contributed by atoms with Gasteiger partial charge in [-0.25, -0.2) is 0 Å². The zero-order valence-electron chi connectivity index (χ0n) is 12.5. The minimum Gasteiger partial charge on any atom is -0.497 e. The first-order chi connectivity index (χ1) is 10.7. The highest BCUT2D eigenvalue weighted by Crippen LogP contribution is 2.34. The van der Waals surface area contributed by atoms with Gasteiger partial charge in [0.2, 0.25) is 0 Å². The van der Waals surface area contributed by atoms with Gasteiger partial charge in [0.15, 0.2) is 0 Å². The van der Waals surface area contributed by atoms with Crippen molar-refractivity contribution < 1.29 is 9.53 Å². The molecule has 2 aromatic rings. The highest BCUT2D eigenvalue weighted by atomic mass is 35.5. The van der Waals surface area contributed by atoms with E-state index in [1.807, 2.05) is 23.1 Å². The minimum atomic E-state index is 0.0574. The van der Waals surface area contributed by atoms with Crippen LogP contribution in [0.3, 0.4) is 0 Å². The molecule has 22 heavy (non-hydrogen) atoms. The summed E-state index contributed by atoms with van der Waals surface area (Å²) in [5.41, 5.74) is 1.80. The molecule has 1 saturated heterocycles. The van der Waals surface area contributed by atoms with Crippen molar-refractivity contribution in [2.75, 3.05) is 13.7 Å². The standard InChI is InChI=1S/C18H18ClNO2/c1-22-16-5-2-4-14(12-16)17-6-3-11-20(17)18(21)13-7-9-15(19)10-8-13/h2,4-5,7-10,12,17H,3,6,11H2,1H3. The summed E-state index contributed by atoms with van der Waals surface area (Å²) in [6.07, 6.45) is 1.99. The van der Waals surface area contributed by atoms with Crippen LogP contribution in [0.4, 0.5) is 0 Å². The van der Waals surface area contributed by atoms with Gasteiger partial charge in [-0.3, -0.25) is 4.79 Å². The molecule has 0 aliphatic carbocycles. The van der Waals surface area contributed by atoms with Crippen molar-refractivity contribution in [3.05, 3.63) is 64.7 Å². The van der Waals surface area contributed by atoms with Gasteiger partial charge >= 0.3 is 0 Å². The molecule has 0 bridgehead atoms. The Hall–Kier alpha value is -2.00. The minimum absolute atomic E-state index is 0.0574. The molecule has 1 aliphatic rings. The Kier molecular flexibility index (Phi) is 4.34. The molecule has 3 rings (SSSR count). The Morgan fingerprint density at radius 2 is 2.00 bits per heavy atom. The average Bonchev–Trinajstić information content (AvgIpc) is 3.04. The van der Waals surface area contributed by atoms with Gasteiger partial charge < -0.3 is 9.64 Å². The SMILES string of the molecule is COc1cccc(C2CCCN2C(=O)c2ccc(Cl)cc2)c1. The smallest absolute Gasteiger partial charge is 0.254 e. The molecule has 0 spiro atoms. The van der Waals surface area contributed by atoms with Gasteiger partial charge in [-0.05, 0) is 54.8 Å². The largest absolute Gasteiger partial charge is 0.497 e. The first-order valence-electron chi connectivity index (χ1n) is 7.39. The van der Waals surface area contributed by atoms with Gasteiger partial charge in [-0.1, -0.05) is 23.7 Å². The number of likely N-dealkylation sites (tertiary alicyclic amines) is 1. The number of carbonyl (C=O) groups is 1. The number of hydrogen-bond donors (Lipinski definition) is 0. The second-order valence-corrected chi connectivity index (χ2v) is 5.88. The van der Waals surface area contributed by atoms with E-state index in [1.54, 1.807) is 31.4 Å². The van der Waals surface area contributed by atoms with E-state index in [1.165, 1.54) is 0 Å². The quantitative estimate of drug-likeness (QED) is 0.844. The monoisotopic (exact) mass is 315 g/mol. The van der Waals surface area contributed by atoms with E-state index in [9.17, 15) is 4.79 Å².